The van der Waals surface area contributed by atoms with Gasteiger partial charge in [-0.2, -0.15) is 0 Å². The number of methoxy groups -OCH3 is 2. The Morgan fingerprint density at radius 3 is 2.60 bits per heavy atom. The standard InChI is InChI=1S/C18H14ClFN2O3/c1-24-15-8-12-14(9-16(15)25-2)21-17(22-18(12)23)13(19)7-10-4-3-5-11(20)6-10/h3-9H,1-2H3,(H,21,22,23). The zero-order chi connectivity index (χ0) is 18.0. The normalized spacial score (nSPS) is 11.6. The topological polar surface area (TPSA) is 64.2 Å². The van der Waals surface area contributed by atoms with E-state index in [1.165, 1.54) is 32.4 Å². The summed E-state index contributed by atoms with van der Waals surface area (Å²) in [7, 11) is 2.98. The molecule has 0 spiro atoms. The van der Waals surface area contributed by atoms with Crippen LogP contribution >= 0.6 is 11.6 Å². The lowest BCUT2D eigenvalue weighted by atomic mass is 10.2. The summed E-state index contributed by atoms with van der Waals surface area (Å²) in [5.41, 5.74) is 0.592. The summed E-state index contributed by atoms with van der Waals surface area (Å²) in [6, 6.07) is 9.07. The number of hydrogen-bond donors (Lipinski definition) is 1. The number of benzene rings is 2. The fourth-order valence-electron chi connectivity index (χ4n) is 2.39. The van der Waals surface area contributed by atoms with Gasteiger partial charge in [0.2, 0.25) is 0 Å². The number of nitrogens with one attached hydrogen (secondary N) is 1. The molecule has 1 N–H and O–H groups in total. The molecule has 0 fully saturated rings. The molecule has 0 unspecified atom stereocenters. The molecule has 0 aliphatic heterocycles. The van der Waals surface area contributed by atoms with E-state index in [4.69, 9.17) is 21.1 Å². The van der Waals surface area contributed by atoms with Gasteiger partial charge in [0, 0.05) is 6.07 Å². The van der Waals surface area contributed by atoms with Crippen molar-refractivity contribution in [3.05, 3.63) is 64.0 Å². The minimum atomic E-state index is -0.380. The van der Waals surface area contributed by atoms with Crippen molar-refractivity contribution in [2.75, 3.05) is 14.2 Å². The smallest absolute Gasteiger partial charge is 0.259 e. The number of H-pyrrole nitrogens is 1. The number of halogens is 2. The highest BCUT2D eigenvalue weighted by Crippen LogP contribution is 2.30. The van der Waals surface area contributed by atoms with E-state index in [0.29, 0.717) is 28.0 Å². The minimum Gasteiger partial charge on any atom is -0.493 e. The number of fused-ring (bicyclic) bond motifs is 1. The number of aromatic amines is 1. The summed E-state index contributed by atoms with van der Waals surface area (Å²) in [6.45, 7) is 0. The van der Waals surface area contributed by atoms with Crippen LogP contribution in [0.4, 0.5) is 4.39 Å². The van der Waals surface area contributed by atoms with Gasteiger partial charge in [-0.3, -0.25) is 4.79 Å². The van der Waals surface area contributed by atoms with E-state index in [9.17, 15) is 9.18 Å². The molecule has 3 rings (SSSR count). The third-order valence-corrected chi connectivity index (χ3v) is 3.87. The molecule has 0 aliphatic carbocycles. The van der Waals surface area contributed by atoms with Crippen molar-refractivity contribution in [2.24, 2.45) is 0 Å². The van der Waals surface area contributed by atoms with E-state index in [1.54, 1.807) is 24.3 Å². The largest absolute Gasteiger partial charge is 0.493 e. The van der Waals surface area contributed by atoms with Crippen LogP contribution < -0.4 is 15.0 Å². The van der Waals surface area contributed by atoms with Crippen molar-refractivity contribution in [1.82, 2.24) is 9.97 Å². The molecule has 1 heterocycles. The second-order valence-corrected chi connectivity index (χ2v) is 5.59. The average molecular weight is 361 g/mol. The first-order valence-corrected chi connectivity index (χ1v) is 7.69. The summed E-state index contributed by atoms with van der Waals surface area (Å²) in [6.07, 6.45) is 1.52. The maximum absolute atomic E-state index is 13.3. The third kappa shape index (κ3) is 3.49. The zero-order valence-electron chi connectivity index (χ0n) is 13.5. The molecule has 0 radical (unpaired) electrons. The third-order valence-electron chi connectivity index (χ3n) is 3.58. The van der Waals surface area contributed by atoms with Gasteiger partial charge in [0.1, 0.15) is 5.82 Å². The number of hydrogen-bond acceptors (Lipinski definition) is 4. The highest BCUT2D eigenvalue weighted by Gasteiger charge is 2.12. The van der Waals surface area contributed by atoms with Crippen molar-refractivity contribution in [3.8, 4) is 11.5 Å². The Kier molecular flexibility index (Phi) is 4.72. The van der Waals surface area contributed by atoms with E-state index in [0.717, 1.165) is 0 Å². The van der Waals surface area contributed by atoms with E-state index >= 15 is 0 Å². The fraction of sp³-hybridized carbons (Fsp3) is 0.111. The highest BCUT2D eigenvalue weighted by molar-refractivity contribution is 6.50. The second kappa shape index (κ2) is 6.94. The Labute approximate surface area is 147 Å². The van der Waals surface area contributed by atoms with Crippen LogP contribution in [0.2, 0.25) is 0 Å². The summed E-state index contributed by atoms with van der Waals surface area (Å²) >= 11 is 6.25. The van der Waals surface area contributed by atoms with Gasteiger partial charge in [0.25, 0.3) is 5.56 Å². The molecule has 25 heavy (non-hydrogen) atoms. The van der Waals surface area contributed by atoms with Gasteiger partial charge in [-0.15, -0.1) is 0 Å². The Bertz CT molecular complexity index is 1030. The van der Waals surface area contributed by atoms with Crippen LogP contribution in [-0.2, 0) is 0 Å². The van der Waals surface area contributed by atoms with E-state index < -0.39 is 0 Å². The first-order valence-electron chi connectivity index (χ1n) is 7.31. The molecule has 0 saturated carbocycles. The predicted molar refractivity (Wildman–Crippen MR) is 95.6 cm³/mol. The van der Waals surface area contributed by atoms with Crippen LogP contribution in [0.3, 0.4) is 0 Å². The average Bonchev–Trinajstić information content (AvgIpc) is 2.60. The van der Waals surface area contributed by atoms with Crippen LogP contribution in [0.15, 0.2) is 41.2 Å². The lowest BCUT2D eigenvalue weighted by Crippen LogP contribution is -2.11. The molecule has 0 atom stereocenters. The van der Waals surface area contributed by atoms with Crippen molar-refractivity contribution >= 4 is 33.6 Å². The van der Waals surface area contributed by atoms with E-state index in [2.05, 4.69) is 9.97 Å². The molecule has 0 aliphatic rings. The fourth-order valence-corrected chi connectivity index (χ4v) is 2.61. The lowest BCUT2D eigenvalue weighted by molar-refractivity contribution is 0.355. The summed E-state index contributed by atoms with van der Waals surface area (Å²) in [5.74, 6) is 0.673. The predicted octanol–water partition coefficient (Wildman–Crippen LogP) is 3.82. The Morgan fingerprint density at radius 1 is 1.20 bits per heavy atom. The van der Waals surface area contributed by atoms with Gasteiger partial charge in [-0.05, 0) is 29.8 Å². The molecule has 1 aromatic heterocycles. The maximum atomic E-state index is 13.3. The molecule has 0 bridgehead atoms. The number of rotatable bonds is 4. The first-order chi connectivity index (χ1) is 12.0. The maximum Gasteiger partial charge on any atom is 0.259 e. The molecular weight excluding hydrogens is 347 g/mol. The van der Waals surface area contributed by atoms with Crippen molar-refractivity contribution < 1.29 is 13.9 Å². The quantitative estimate of drug-likeness (QED) is 0.768. The molecule has 0 amide bonds. The molecule has 2 aromatic carbocycles. The van der Waals surface area contributed by atoms with Crippen LogP contribution in [0.1, 0.15) is 11.4 Å². The summed E-state index contributed by atoms with van der Waals surface area (Å²) in [4.78, 5) is 19.3. The van der Waals surface area contributed by atoms with Gasteiger partial charge in [-0.1, -0.05) is 23.7 Å². The molecule has 3 aromatic rings. The van der Waals surface area contributed by atoms with Gasteiger partial charge >= 0.3 is 0 Å². The van der Waals surface area contributed by atoms with Gasteiger partial charge < -0.3 is 14.5 Å². The van der Waals surface area contributed by atoms with Crippen LogP contribution in [0.25, 0.3) is 22.0 Å². The Hall–Kier alpha value is -2.86. The monoisotopic (exact) mass is 360 g/mol. The van der Waals surface area contributed by atoms with Crippen LogP contribution in [0, 0.1) is 5.82 Å². The van der Waals surface area contributed by atoms with Crippen molar-refractivity contribution in [1.29, 1.82) is 0 Å². The van der Waals surface area contributed by atoms with E-state index in [-0.39, 0.29) is 22.2 Å². The molecule has 7 heteroatoms. The van der Waals surface area contributed by atoms with Gasteiger partial charge in [-0.25, -0.2) is 9.37 Å². The van der Waals surface area contributed by atoms with Crippen molar-refractivity contribution in [2.45, 2.75) is 0 Å². The second-order valence-electron chi connectivity index (χ2n) is 5.19. The number of ether oxygens (including phenoxy) is 2. The van der Waals surface area contributed by atoms with Crippen LogP contribution in [0.5, 0.6) is 11.5 Å². The van der Waals surface area contributed by atoms with Gasteiger partial charge in [0.15, 0.2) is 17.3 Å². The van der Waals surface area contributed by atoms with E-state index in [1.807, 2.05) is 0 Å². The summed E-state index contributed by atoms with van der Waals surface area (Å²) < 4.78 is 23.7. The minimum absolute atomic E-state index is 0.177. The van der Waals surface area contributed by atoms with Gasteiger partial charge in [0.05, 0.1) is 30.2 Å². The summed E-state index contributed by atoms with van der Waals surface area (Å²) in [5, 5.41) is 0.524. The molecule has 5 nitrogen and oxygen atoms in total. The molecule has 128 valence electrons. The molecular formula is C18H14ClFN2O3. The highest BCUT2D eigenvalue weighted by atomic mass is 35.5. The van der Waals surface area contributed by atoms with Crippen molar-refractivity contribution in [3.63, 3.8) is 0 Å². The lowest BCUT2D eigenvalue weighted by Gasteiger charge is -2.09. The number of aromatic nitrogens is 2. The Balaban J connectivity index is 2.12. The first kappa shape index (κ1) is 17.0. The molecule has 0 saturated heterocycles. The SMILES string of the molecule is COc1cc2nc(C(Cl)=Cc3cccc(F)c3)[nH]c(=O)c2cc1OC. The van der Waals surface area contributed by atoms with Crippen LogP contribution in [-0.4, -0.2) is 24.2 Å². The zero-order valence-corrected chi connectivity index (χ0v) is 14.2. The number of nitrogens with zero attached hydrogens (tertiary/aromatic N) is 1. The Morgan fingerprint density at radius 2 is 1.92 bits per heavy atom.